The second-order valence-corrected chi connectivity index (χ2v) is 4.74. The van der Waals surface area contributed by atoms with E-state index in [9.17, 15) is 14.7 Å². The maximum Gasteiger partial charge on any atom is 0.355 e. The number of carboxylic acids is 1. The molecule has 0 aromatic heterocycles. The molecule has 1 atom stereocenters. The number of halogens is 1. The third kappa shape index (κ3) is 2.02. The third-order valence-electron chi connectivity index (χ3n) is 3.10. The summed E-state index contributed by atoms with van der Waals surface area (Å²) in [7, 11) is 1.16. The maximum atomic E-state index is 11.7. The van der Waals surface area contributed by atoms with Gasteiger partial charge in [-0.15, -0.1) is 0 Å². The Hall–Kier alpha value is -2.54. The zero-order valence-electron chi connectivity index (χ0n) is 10.7. The summed E-state index contributed by atoms with van der Waals surface area (Å²) in [5.74, 6) is -1.40. The van der Waals surface area contributed by atoms with E-state index in [-0.39, 0.29) is 11.5 Å². The fraction of sp³-hybridized carbons (Fsp3) is 0.154. The van der Waals surface area contributed by atoms with Crippen molar-refractivity contribution in [1.82, 2.24) is 0 Å². The third-order valence-corrected chi connectivity index (χ3v) is 3.33. The largest absolute Gasteiger partial charge is 0.479 e. The van der Waals surface area contributed by atoms with E-state index in [1.54, 1.807) is 18.2 Å². The van der Waals surface area contributed by atoms with Gasteiger partial charge in [-0.3, -0.25) is 0 Å². The first-order chi connectivity index (χ1) is 10.0. The molecule has 0 fully saturated rings. The molecular weight excluding hydrogens is 300 g/mol. The molecule has 0 amide bonds. The molecule has 1 unspecified atom stereocenters. The Morgan fingerprint density at radius 3 is 2.90 bits per heavy atom. The number of anilines is 1. The first kappa shape index (κ1) is 13.4. The van der Waals surface area contributed by atoms with Gasteiger partial charge in [-0.1, -0.05) is 11.6 Å². The number of nitrogens with zero attached hydrogens (tertiary/aromatic N) is 2. The Bertz CT molecular complexity index is 713. The van der Waals surface area contributed by atoms with Crippen LogP contribution in [0.2, 0.25) is 5.02 Å². The molecule has 0 saturated heterocycles. The van der Waals surface area contributed by atoms with Gasteiger partial charge < -0.3 is 19.5 Å². The van der Waals surface area contributed by atoms with Crippen LogP contribution in [0.3, 0.4) is 0 Å². The fourth-order valence-electron chi connectivity index (χ4n) is 2.22. The molecule has 2 aliphatic rings. The molecule has 7 nitrogen and oxygen atoms in total. The zero-order chi connectivity index (χ0) is 15.1. The molecule has 1 N–H and O–H groups in total. The van der Waals surface area contributed by atoms with E-state index >= 15 is 0 Å². The molecule has 2 heterocycles. The van der Waals surface area contributed by atoms with Crippen molar-refractivity contribution in [2.24, 2.45) is 4.99 Å². The molecule has 0 aliphatic carbocycles. The number of rotatable bonds is 2. The molecule has 3 rings (SSSR count). The normalized spacial score (nSPS) is 19.0. The number of hydrogen-bond donors (Lipinski definition) is 1. The molecule has 0 saturated carbocycles. The van der Waals surface area contributed by atoms with Crippen molar-refractivity contribution in [2.45, 2.75) is 6.04 Å². The Kier molecular flexibility index (Phi) is 3.06. The number of fused-ring (bicyclic) bond motifs is 3. The minimum Gasteiger partial charge on any atom is -0.479 e. The molecule has 2 aliphatic heterocycles. The molecule has 0 bridgehead atoms. The minimum absolute atomic E-state index is 0.206. The highest BCUT2D eigenvalue weighted by atomic mass is 35.5. The van der Waals surface area contributed by atoms with Crippen molar-refractivity contribution >= 4 is 34.9 Å². The minimum atomic E-state index is -1.29. The molecule has 8 heteroatoms. The van der Waals surface area contributed by atoms with E-state index in [0.717, 1.165) is 7.11 Å². The number of esters is 1. The number of ether oxygens (including phenoxy) is 2. The van der Waals surface area contributed by atoms with Gasteiger partial charge in [-0.2, -0.15) is 0 Å². The second kappa shape index (κ2) is 4.78. The predicted molar refractivity (Wildman–Crippen MR) is 73.5 cm³/mol. The van der Waals surface area contributed by atoms with Crippen LogP contribution >= 0.6 is 11.6 Å². The van der Waals surface area contributed by atoms with Gasteiger partial charge in [-0.05, 0) is 18.2 Å². The predicted octanol–water partition coefficient (Wildman–Crippen LogP) is 1.42. The van der Waals surface area contributed by atoms with E-state index in [0.29, 0.717) is 16.5 Å². The summed E-state index contributed by atoms with van der Waals surface area (Å²) in [4.78, 5) is 28.6. The highest BCUT2D eigenvalue weighted by Gasteiger charge is 2.45. The summed E-state index contributed by atoms with van der Waals surface area (Å²) in [6, 6.07) is 3.49. The number of aliphatic imine (C=N–C) groups is 1. The van der Waals surface area contributed by atoms with Crippen LogP contribution in [0.5, 0.6) is 5.75 Å². The number of carboxylic acid groups (broad SMARTS) is 1. The number of benzene rings is 1. The van der Waals surface area contributed by atoms with Crippen molar-refractivity contribution in [2.75, 3.05) is 12.0 Å². The lowest BCUT2D eigenvalue weighted by Crippen LogP contribution is -2.45. The van der Waals surface area contributed by atoms with E-state index in [2.05, 4.69) is 9.73 Å². The zero-order valence-corrected chi connectivity index (χ0v) is 11.5. The lowest BCUT2D eigenvalue weighted by Gasteiger charge is -2.28. The Labute approximate surface area is 124 Å². The quantitative estimate of drug-likeness (QED) is 0.831. The van der Waals surface area contributed by atoms with Crippen LogP contribution in [-0.2, 0) is 14.3 Å². The molecule has 21 heavy (non-hydrogen) atoms. The average Bonchev–Trinajstić information content (AvgIpc) is 2.86. The number of hydrogen-bond acceptors (Lipinski definition) is 6. The molecule has 0 spiro atoms. The first-order valence-corrected chi connectivity index (χ1v) is 6.26. The van der Waals surface area contributed by atoms with Gasteiger partial charge in [0.15, 0.2) is 23.3 Å². The Balaban J connectivity index is 2.13. The molecule has 108 valence electrons. The maximum absolute atomic E-state index is 11.7. The van der Waals surface area contributed by atoms with Gasteiger partial charge in [-0.25, -0.2) is 14.6 Å². The molecular formula is C13H9ClN2O5. The SMILES string of the molecule is COC(=O)C1=NC2=COc3ccc(Cl)cc3N2C1C(=O)O. The van der Waals surface area contributed by atoms with Crippen molar-refractivity contribution in [3.05, 3.63) is 35.3 Å². The van der Waals surface area contributed by atoms with Crippen molar-refractivity contribution in [1.29, 1.82) is 0 Å². The molecule has 1 aromatic rings. The lowest BCUT2D eigenvalue weighted by atomic mass is 10.1. The topological polar surface area (TPSA) is 88.4 Å². The van der Waals surface area contributed by atoms with Crippen LogP contribution in [0.1, 0.15) is 0 Å². The van der Waals surface area contributed by atoms with Crippen molar-refractivity contribution < 1.29 is 24.2 Å². The number of aliphatic carboxylic acids is 1. The van der Waals surface area contributed by atoms with Crippen LogP contribution in [0.15, 0.2) is 35.3 Å². The smallest absolute Gasteiger partial charge is 0.355 e. The highest BCUT2D eigenvalue weighted by Crippen LogP contribution is 2.41. The number of carbonyl (C=O) groups is 2. The van der Waals surface area contributed by atoms with Crippen LogP contribution in [0.4, 0.5) is 5.69 Å². The number of carbonyl (C=O) groups excluding carboxylic acids is 1. The van der Waals surface area contributed by atoms with E-state index in [4.69, 9.17) is 16.3 Å². The van der Waals surface area contributed by atoms with Gasteiger partial charge in [0.1, 0.15) is 6.26 Å². The Morgan fingerprint density at radius 1 is 1.48 bits per heavy atom. The second-order valence-electron chi connectivity index (χ2n) is 4.31. The molecule has 1 aromatic carbocycles. The summed E-state index contributed by atoms with van der Waals surface area (Å²) in [5.41, 5.74) is 0.211. The monoisotopic (exact) mass is 308 g/mol. The van der Waals surface area contributed by atoms with Crippen LogP contribution in [-0.4, -0.2) is 35.9 Å². The summed E-state index contributed by atoms with van der Waals surface area (Å²) < 4.78 is 9.95. The van der Waals surface area contributed by atoms with Gasteiger partial charge in [0.2, 0.25) is 0 Å². The first-order valence-electron chi connectivity index (χ1n) is 5.88. The van der Waals surface area contributed by atoms with E-state index in [1.807, 2.05) is 0 Å². The van der Waals surface area contributed by atoms with Crippen molar-refractivity contribution in [3.8, 4) is 5.75 Å². The van der Waals surface area contributed by atoms with Crippen molar-refractivity contribution in [3.63, 3.8) is 0 Å². The van der Waals surface area contributed by atoms with Gasteiger partial charge in [0, 0.05) is 5.02 Å². The van der Waals surface area contributed by atoms with Crippen LogP contribution < -0.4 is 9.64 Å². The standard InChI is InChI=1S/C13H9ClN2O5/c1-20-13(19)10-11(12(17)18)16-7-4-6(14)2-3-8(7)21-5-9(16)15-10/h2-5,11H,1H3,(H,17,18). The summed E-state index contributed by atoms with van der Waals surface area (Å²) >= 11 is 5.94. The lowest BCUT2D eigenvalue weighted by molar-refractivity contribution is -0.139. The summed E-state index contributed by atoms with van der Waals surface area (Å²) in [6.07, 6.45) is 1.28. The fourth-order valence-corrected chi connectivity index (χ4v) is 2.39. The molecule has 0 radical (unpaired) electrons. The number of methoxy groups -OCH3 is 1. The van der Waals surface area contributed by atoms with Gasteiger partial charge in [0.25, 0.3) is 0 Å². The van der Waals surface area contributed by atoms with E-state index in [1.165, 1.54) is 11.2 Å². The van der Waals surface area contributed by atoms with Gasteiger partial charge >= 0.3 is 11.9 Å². The van der Waals surface area contributed by atoms with Gasteiger partial charge in [0.05, 0.1) is 12.8 Å². The average molecular weight is 309 g/mol. The van der Waals surface area contributed by atoms with E-state index < -0.39 is 18.0 Å². The highest BCUT2D eigenvalue weighted by molar-refractivity contribution is 6.44. The summed E-state index contributed by atoms with van der Waals surface area (Å²) in [6.45, 7) is 0. The Morgan fingerprint density at radius 2 is 2.24 bits per heavy atom. The van der Waals surface area contributed by atoms with Crippen LogP contribution in [0.25, 0.3) is 0 Å². The van der Waals surface area contributed by atoms with Crippen LogP contribution in [0, 0.1) is 0 Å². The summed E-state index contributed by atoms with van der Waals surface area (Å²) in [5, 5.41) is 9.84.